The molecule has 3 aromatic rings. The Hall–Kier alpha value is -2.48. The normalized spacial score (nSPS) is 14.5. The number of amides is 1. The maximum absolute atomic E-state index is 12.7. The molecule has 0 aliphatic carbocycles. The molecule has 1 aliphatic heterocycles. The van der Waals surface area contributed by atoms with Crippen LogP contribution in [-0.4, -0.2) is 54.7 Å². The smallest absolute Gasteiger partial charge is 0.255 e. The fourth-order valence-electron chi connectivity index (χ4n) is 3.74. The summed E-state index contributed by atoms with van der Waals surface area (Å²) in [5.41, 5.74) is 3.62. The van der Waals surface area contributed by atoms with Crippen LogP contribution in [0, 0.1) is 0 Å². The number of hydrogen-bond donors (Lipinski definition) is 1. The lowest BCUT2D eigenvalue weighted by molar-refractivity contribution is 0.102. The summed E-state index contributed by atoms with van der Waals surface area (Å²) in [6, 6.07) is 14.3. The van der Waals surface area contributed by atoms with Gasteiger partial charge in [-0.1, -0.05) is 30.4 Å². The van der Waals surface area contributed by atoms with Gasteiger partial charge in [-0.2, -0.15) is 0 Å². The van der Waals surface area contributed by atoms with Crippen molar-refractivity contribution in [2.45, 2.75) is 33.4 Å². The van der Waals surface area contributed by atoms with Crippen LogP contribution in [0.5, 0.6) is 0 Å². The van der Waals surface area contributed by atoms with Crippen LogP contribution in [0.15, 0.2) is 42.5 Å². The van der Waals surface area contributed by atoms with Crippen molar-refractivity contribution in [1.29, 1.82) is 0 Å². The highest BCUT2D eigenvalue weighted by Crippen LogP contribution is 2.31. The van der Waals surface area contributed by atoms with Crippen molar-refractivity contribution in [3.63, 3.8) is 0 Å². The zero-order valence-corrected chi connectivity index (χ0v) is 19.2. The van der Waals surface area contributed by atoms with E-state index < -0.39 is 0 Å². The standard InChI is InChI=1S/C24H30N4O2S/c1-4-27(17(2)3)16-18-5-7-19(8-6-18)23(29)25-20-9-10-21-22(15-20)31-24(26-21)28-11-13-30-14-12-28/h5-10,15,17H,4,11-14,16H2,1-3H3,(H,25,29). The molecule has 4 rings (SSSR count). The van der Waals surface area contributed by atoms with E-state index in [1.54, 1.807) is 11.3 Å². The summed E-state index contributed by atoms with van der Waals surface area (Å²) >= 11 is 1.66. The maximum atomic E-state index is 12.7. The Morgan fingerprint density at radius 3 is 2.61 bits per heavy atom. The molecule has 1 aromatic heterocycles. The first-order valence-electron chi connectivity index (χ1n) is 10.9. The second-order valence-electron chi connectivity index (χ2n) is 8.09. The number of rotatable bonds is 7. The van der Waals surface area contributed by atoms with Gasteiger partial charge in [-0.15, -0.1) is 0 Å². The molecule has 2 aromatic carbocycles. The first-order chi connectivity index (χ1) is 15.0. The molecule has 2 heterocycles. The van der Waals surface area contributed by atoms with Crippen LogP contribution in [0.3, 0.4) is 0 Å². The van der Waals surface area contributed by atoms with Crippen molar-refractivity contribution in [3.8, 4) is 0 Å². The number of thiazole rings is 1. The average Bonchev–Trinajstić information content (AvgIpc) is 3.21. The zero-order chi connectivity index (χ0) is 21.8. The third-order valence-electron chi connectivity index (χ3n) is 5.65. The van der Waals surface area contributed by atoms with E-state index in [1.165, 1.54) is 5.56 Å². The number of carbonyl (C=O) groups is 1. The fourth-order valence-corrected chi connectivity index (χ4v) is 4.80. The van der Waals surface area contributed by atoms with Gasteiger partial charge < -0.3 is 15.0 Å². The Kier molecular flexibility index (Phi) is 6.85. The molecule has 0 saturated carbocycles. The number of anilines is 2. The molecule has 0 atom stereocenters. The third-order valence-corrected chi connectivity index (χ3v) is 6.73. The van der Waals surface area contributed by atoms with Gasteiger partial charge in [0.15, 0.2) is 5.13 Å². The molecule has 1 N–H and O–H groups in total. The van der Waals surface area contributed by atoms with E-state index in [9.17, 15) is 4.79 Å². The first-order valence-corrected chi connectivity index (χ1v) is 11.7. The molecule has 0 unspecified atom stereocenters. The summed E-state index contributed by atoms with van der Waals surface area (Å²) in [7, 11) is 0. The summed E-state index contributed by atoms with van der Waals surface area (Å²) in [5.74, 6) is -0.0972. The molecule has 6 nitrogen and oxygen atoms in total. The van der Waals surface area contributed by atoms with E-state index >= 15 is 0 Å². The van der Waals surface area contributed by atoms with Crippen LogP contribution < -0.4 is 10.2 Å². The van der Waals surface area contributed by atoms with Crippen molar-refractivity contribution >= 4 is 38.3 Å². The van der Waals surface area contributed by atoms with Crippen LogP contribution in [0.25, 0.3) is 10.2 Å². The summed E-state index contributed by atoms with van der Waals surface area (Å²) in [6.45, 7) is 11.7. The van der Waals surface area contributed by atoms with Crippen LogP contribution in [0.2, 0.25) is 0 Å². The third kappa shape index (κ3) is 5.23. The number of aromatic nitrogens is 1. The lowest BCUT2D eigenvalue weighted by atomic mass is 10.1. The largest absolute Gasteiger partial charge is 0.378 e. The lowest BCUT2D eigenvalue weighted by Gasteiger charge is -2.25. The predicted molar refractivity (Wildman–Crippen MR) is 128 cm³/mol. The van der Waals surface area contributed by atoms with E-state index in [-0.39, 0.29) is 5.91 Å². The number of fused-ring (bicyclic) bond motifs is 1. The summed E-state index contributed by atoms with van der Waals surface area (Å²) in [5, 5.41) is 4.04. The molecule has 7 heteroatoms. The Labute approximate surface area is 187 Å². The Morgan fingerprint density at radius 1 is 1.19 bits per heavy atom. The van der Waals surface area contributed by atoms with Gasteiger partial charge in [0.25, 0.3) is 5.91 Å². The molecule has 0 spiro atoms. The number of benzene rings is 2. The van der Waals surface area contributed by atoms with E-state index in [0.29, 0.717) is 11.6 Å². The zero-order valence-electron chi connectivity index (χ0n) is 18.4. The minimum absolute atomic E-state index is 0.0972. The second-order valence-corrected chi connectivity index (χ2v) is 9.10. The van der Waals surface area contributed by atoms with E-state index in [1.807, 2.05) is 42.5 Å². The number of morpholine rings is 1. The first kappa shape index (κ1) is 21.7. The molecule has 164 valence electrons. The predicted octanol–water partition coefficient (Wildman–Crippen LogP) is 4.62. The quantitative estimate of drug-likeness (QED) is 0.584. The molecular formula is C24H30N4O2S. The highest BCUT2D eigenvalue weighted by molar-refractivity contribution is 7.22. The topological polar surface area (TPSA) is 57.7 Å². The minimum atomic E-state index is -0.0972. The lowest BCUT2D eigenvalue weighted by Crippen LogP contribution is -2.36. The van der Waals surface area contributed by atoms with Gasteiger partial charge >= 0.3 is 0 Å². The SMILES string of the molecule is CCN(Cc1ccc(C(=O)Nc2ccc3nc(N4CCOCC4)sc3c2)cc1)C(C)C. The number of nitrogens with zero attached hydrogens (tertiary/aromatic N) is 3. The minimum Gasteiger partial charge on any atom is -0.378 e. The monoisotopic (exact) mass is 438 g/mol. The molecule has 1 amide bonds. The molecule has 0 radical (unpaired) electrons. The average molecular weight is 439 g/mol. The van der Waals surface area contributed by atoms with Gasteiger partial charge in [0.05, 0.1) is 23.4 Å². The number of nitrogens with one attached hydrogen (secondary N) is 1. The van der Waals surface area contributed by atoms with Crippen molar-refractivity contribution in [2.24, 2.45) is 0 Å². The molecule has 31 heavy (non-hydrogen) atoms. The van der Waals surface area contributed by atoms with Crippen LogP contribution >= 0.6 is 11.3 Å². The fraction of sp³-hybridized carbons (Fsp3) is 0.417. The Bertz CT molecular complexity index is 1030. The van der Waals surface area contributed by atoms with Gasteiger partial charge in [-0.05, 0) is 56.3 Å². The molecular weight excluding hydrogens is 408 g/mol. The van der Waals surface area contributed by atoms with E-state index in [0.717, 1.165) is 60.4 Å². The Morgan fingerprint density at radius 2 is 1.94 bits per heavy atom. The summed E-state index contributed by atoms with van der Waals surface area (Å²) < 4.78 is 6.50. The van der Waals surface area contributed by atoms with Crippen molar-refractivity contribution in [1.82, 2.24) is 9.88 Å². The van der Waals surface area contributed by atoms with Crippen LogP contribution in [0.4, 0.5) is 10.8 Å². The van der Waals surface area contributed by atoms with Crippen LogP contribution in [-0.2, 0) is 11.3 Å². The van der Waals surface area contributed by atoms with Crippen LogP contribution in [0.1, 0.15) is 36.7 Å². The number of carbonyl (C=O) groups excluding carboxylic acids is 1. The molecule has 1 aliphatic rings. The van der Waals surface area contributed by atoms with E-state index in [2.05, 4.69) is 35.9 Å². The van der Waals surface area contributed by atoms with Crippen molar-refractivity contribution < 1.29 is 9.53 Å². The van der Waals surface area contributed by atoms with Gasteiger partial charge in [-0.25, -0.2) is 4.98 Å². The molecule has 0 bridgehead atoms. The van der Waals surface area contributed by atoms with E-state index in [4.69, 9.17) is 9.72 Å². The second kappa shape index (κ2) is 9.77. The highest BCUT2D eigenvalue weighted by atomic mass is 32.1. The number of ether oxygens (including phenoxy) is 1. The van der Waals surface area contributed by atoms with Gasteiger partial charge in [0.1, 0.15) is 0 Å². The van der Waals surface area contributed by atoms with Gasteiger partial charge in [0.2, 0.25) is 0 Å². The van der Waals surface area contributed by atoms with Crippen molar-refractivity contribution in [2.75, 3.05) is 43.1 Å². The van der Waals surface area contributed by atoms with Gasteiger partial charge in [0, 0.05) is 36.9 Å². The van der Waals surface area contributed by atoms with Gasteiger partial charge in [-0.3, -0.25) is 9.69 Å². The highest BCUT2D eigenvalue weighted by Gasteiger charge is 2.16. The summed E-state index contributed by atoms with van der Waals surface area (Å²) in [6.07, 6.45) is 0. The summed E-state index contributed by atoms with van der Waals surface area (Å²) in [4.78, 5) is 22.1. The molecule has 1 fully saturated rings. The number of hydrogen-bond acceptors (Lipinski definition) is 6. The maximum Gasteiger partial charge on any atom is 0.255 e. The molecule has 1 saturated heterocycles. The van der Waals surface area contributed by atoms with Crippen molar-refractivity contribution in [3.05, 3.63) is 53.6 Å². The Balaban J connectivity index is 1.42.